The molecule has 0 unspecified atom stereocenters. The maximum absolute atomic E-state index is 6.52. The number of hydrogen-bond acceptors (Lipinski definition) is 0. The molecule has 0 heterocycles. The summed E-state index contributed by atoms with van der Waals surface area (Å²) >= 11 is 0. The van der Waals surface area contributed by atoms with E-state index in [1.54, 1.807) is 0 Å². The third-order valence-electron chi connectivity index (χ3n) is 0.839. The topological polar surface area (TPSA) is 4.36 Å². The molecule has 0 N–H and O–H groups in total. The second-order valence-electron chi connectivity index (χ2n) is 1.25. The number of nitrogens with zero attached hydrogens (tertiary/aromatic N) is 1. The van der Waals surface area contributed by atoms with E-state index in [0.717, 1.165) is 12.1 Å². The summed E-state index contributed by atoms with van der Waals surface area (Å²) < 4.78 is 0. The molecule has 0 aromatic heterocycles. The molecule has 0 atom stereocenters. The van der Waals surface area contributed by atoms with Crippen LogP contribution in [0.25, 0.3) is 4.85 Å². The summed E-state index contributed by atoms with van der Waals surface area (Å²) in [6, 6.07) is 0. The van der Waals surface area contributed by atoms with Crippen LogP contribution in [0, 0.1) is 6.57 Å². The summed E-state index contributed by atoms with van der Waals surface area (Å²) in [7, 11) is 0. The summed E-state index contributed by atoms with van der Waals surface area (Å²) in [4.78, 5) is 3.24. The van der Waals surface area contributed by atoms with E-state index in [2.05, 4.69) is 4.85 Å². The molecular formula is C6H9N. The first kappa shape index (κ1) is 6.23. The zero-order chi connectivity index (χ0) is 5.70. The van der Waals surface area contributed by atoms with Crippen LogP contribution < -0.4 is 0 Å². The van der Waals surface area contributed by atoms with E-state index in [-0.39, 0.29) is 0 Å². The molecule has 0 aliphatic heterocycles. The number of rotatable bonds is 1. The lowest BCUT2D eigenvalue weighted by Crippen LogP contribution is -1.64. The van der Waals surface area contributed by atoms with Gasteiger partial charge in [0.05, 0.1) is 6.57 Å². The van der Waals surface area contributed by atoms with Gasteiger partial charge in [0.2, 0.25) is 0 Å². The van der Waals surface area contributed by atoms with Gasteiger partial charge in [-0.15, -0.1) is 0 Å². The predicted octanol–water partition coefficient (Wildman–Crippen LogP) is 2.22. The van der Waals surface area contributed by atoms with Crippen molar-refractivity contribution in [2.45, 2.75) is 20.3 Å². The molecule has 7 heavy (non-hydrogen) atoms. The molecular weight excluding hydrogens is 86.1 g/mol. The van der Waals surface area contributed by atoms with Crippen LogP contribution in [0.2, 0.25) is 0 Å². The molecule has 0 aromatic rings. The maximum Gasteiger partial charge on any atom is 0.161 e. The molecule has 0 spiro atoms. The molecule has 0 aliphatic rings. The van der Waals surface area contributed by atoms with E-state index in [4.69, 9.17) is 6.57 Å². The van der Waals surface area contributed by atoms with Gasteiger partial charge in [0.25, 0.3) is 0 Å². The van der Waals surface area contributed by atoms with Crippen molar-refractivity contribution in [3.63, 3.8) is 0 Å². The van der Waals surface area contributed by atoms with Crippen LogP contribution in [0.1, 0.15) is 20.3 Å². The summed E-state index contributed by atoms with van der Waals surface area (Å²) in [6.45, 7) is 10.4. The molecule has 1 nitrogen and oxygen atoms in total. The Labute approximate surface area is 44.5 Å². The molecule has 38 valence electrons. The van der Waals surface area contributed by atoms with E-state index in [1.807, 2.05) is 19.9 Å². The zero-order valence-electron chi connectivity index (χ0n) is 4.73. The Balaban J connectivity index is 3.68. The highest BCUT2D eigenvalue weighted by atomic mass is 14.6. The van der Waals surface area contributed by atoms with Crippen molar-refractivity contribution in [1.29, 1.82) is 0 Å². The maximum atomic E-state index is 6.52. The lowest BCUT2D eigenvalue weighted by atomic mass is 10.3. The fourth-order valence-electron chi connectivity index (χ4n) is 0.348. The van der Waals surface area contributed by atoms with E-state index in [9.17, 15) is 0 Å². The fourth-order valence-corrected chi connectivity index (χ4v) is 0.348. The molecule has 0 aliphatic carbocycles. The van der Waals surface area contributed by atoms with Crippen LogP contribution in [0.4, 0.5) is 0 Å². The summed E-state index contributed by atoms with van der Waals surface area (Å²) in [6.07, 6.45) is 2.70. The van der Waals surface area contributed by atoms with Gasteiger partial charge in [-0.3, -0.25) is 0 Å². The first-order chi connectivity index (χ1) is 3.35. The summed E-state index contributed by atoms with van der Waals surface area (Å²) in [5.41, 5.74) is 0.847. The quantitative estimate of drug-likeness (QED) is 0.440. The first-order valence-corrected chi connectivity index (χ1v) is 2.37. The van der Waals surface area contributed by atoms with Gasteiger partial charge in [0.15, 0.2) is 5.70 Å². The second kappa shape index (κ2) is 3.42. The standard InChI is InChI=1S/C6H9N/c1-4-6(5-2)7-3/h4H,5H2,1-2H3. The smallest absolute Gasteiger partial charge is 0.161 e. The normalized spacial score (nSPS) is 10.7. The summed E-state index contributed by atoms with van der Waals surface area (Å²) in [5, 5.41) is 0. The van der Waals surface area contributed by atoms with E-state index in [0.29, 0.717) is 0 Å². The summed E-state index contributed by atoms with van der Waals surface area (Å²) in [5.74, 6) is 0. The van der Waals surface area contributed by atoms with Crippen LogP contribution in [0.5, 0.6) is 0 Å². The lowest BCUT2D eigenvalue weighted by Gasteiger charge is -1.81. The van der Waals surface area contributed by atoms with Gasteiger partial charge < -0.3 is 0 Å². The van der Waals surface area contributed by atoms with Gasteiger partial charge in [0, 0.05) is 0 Å². The molecule has 0 rings (SSSR count). The third-order valence-corrected chi connectivity index (χ3v) is 0.839. The minimum absolute atomic E-state index is 0.847. The van der Waals surface area contributed by atoms with Gasteiger partial charge >= 0.3 is 0 Å². The number of hydrogen-bond donors (Lipinski definition) is 0. The highest BCUT2D eigenvalue weighted by Gasteiger charge is 1.82. The van der Waals surface area contributed by atoms with Crippen molar-refractivity contribution < 1.29 is 0 Å². The van der Waals surface area contributed by atoms with Crippen LogP contribution in [0.15, 0.2) is 11.8 Å². The average molecular weight is 95.1 g/mol. The predicted molar refractivity (Wildman–Crippen MR) is 30.6 cm³/mol. The van der Waals surface area contributed by atoms with Crippen molar-refractivity contribution in [2.24, 2.45) is 0 Å². The van der Waals surface area contributed by atoms with Crippen molar-refractivity contribution in [1.82, 2.24) is 0 Å². The van der Waals surface area contributed by atoms with Crippen molar-refractivity contribution in [3.8, 4) is 0 Å². The molecule has 0 radical (unpaired) electrons. The Morgan fingerprint density at radius 2 is 2.43 bits per heavy atom. The Hall–Kier alpha value is -0.770. The average Bonchev–Trinajstić information content (AvgIpc) is 1.72. The Bertz CT molecular complexity index is 106. The van der Waals surface area contributed by atoms with Crippen LogP contribution in [-0.4, -0.2) is 0 Å². The minimum atomic E-state index is 0.847. The highest BCUT2D eigenvalue weighted by Crippen LogP contribution is 1.98. The number of allylic oxidation sites excluding steroid dienone is 2. The monoisotopic (exact) mass is 95.1 g/mol. The first-order valence-electron chi connectivity index (χ1n) is 2.37. The molecule has 0 amide bonds. The Kier molecular flexibility index (Phi) is 3.04. The Morgan fingerprint density at radius 1 is 1.86 bits per heavy atom. The lowest BCUT2D eigenvalue weighted by molar-refractivity contribution is 1.14. The molecule has 0 fully saturated rings. The Morgan fingerprint density at radius 3 is 2.43 bits per heavy atom. The molecule has 0 saturated carbocycles. The van der Waals surface area contributed by atoms with E-state index in [1.165, 1.54) is 0 Å². The zero-order valence-corrected chi connectivity index (χ0v) is 4.73. The molecule has 0 bridgehead atoms. The molecule has 0 aromatic carbocycles. The van der Waals surface area contributed by atoms with Gasteiger partial charge in [-0.2, -0.15) is 0 Å². The molecule has 0 saturated heterocycles. The minimum Gasteiger partial charge on any atom is -0.243 e. The van der Waals surface area contributed by atoms with Crippen LogP contribution >= 0.6 is 0 Å². The van der Waals surface area contributed by atoms with E-state index >= 15 is 0 Å². The third kappa shape index (κ3) is 1.99. The van der Waals surface area contributed by atoms with Crippen molar-refractivity contribution in [3.05, 3.63) is 23.2 Å². The highest BCUT2D eigenvalue weighted by molar-refractivity contribution is 5.07. The van der Waals surface area contributed by atoms with Crippen LogP contribution in [-0.2, 0) is 0 Å². The van der Waals surface area contributed by atoms with Crippen molar-refractivity contribution in [2.75, 3.05) is 0 Å². The van der Waals surface area contributed by atoms with Gasteiger partial charge in [-0.1, -0.05) is 19.9 Å². The second-order valence-corrected chi connectivity index (χ2v) is 1.25. The van der Waals surface area contributed by atoms with Gasteiger partial charge in [0.1, 0.15) is 0 Å². The van der Waals surface area contributed by atoms with Gasteiger partial charge in [-0.25, -0.2) is 4.85 Å². The van der Waals surface area contributed by atoms with Gasteiger partial charge in [-0.05, 0) is 6.42 Å². The fraction of sp³-hybridized carbons (Fsp3) is 0.500. The largest absolute Gasteiger partial charge is 0.243 e. The SMILES string of the molecule is [C-]#[N+]C(=CC)CC. The molecule has 1 heteroatoms. The van der Waals surface area contributed by atoms with Crippen LogP contribution in [0.3, 0.4) is 0 Å². The van der Waals surface area contributed by atoms with Crippen molar-refractivity contribution >= 4 is 0 Å². The van der Waals surface area contributed by atoms with E-state index < -0.39 is 0 Å².